The SMILES string of the molecule is COC(=O)c1ccccc1CCC(=O)c1cccc(OS(=O)(=O)C(F)(F)F)c1. The monoisotopic (exact) mass is 416 g/mol. The van der Waals surface area contributed by atoms with Gasteiger partial charge in [0.1, 0.15) is 5.75 Å². The van der Waals surface area contributed by atoms with Gasteiger partial charge in [0.25, 0.3) is 0 Å². The molecule has 2 aromatic rings. The standard InChI is InChI=1S/C18H15F3O6S/c1-26-17(23)15-8-3-2-5-12(15)9-10-16(22)13-6-4-7-14(11-13)27-28(24,25)18(19,20)21/h2-8,11H,9-10H2,1H3. The van der Waals surface area contributed by atoms with E-state index in [2.05, 4.69) is 8.92 Å². The molecule has 28 heavy (non-hydrogen) atoms. The molecule has 0 unspecified atom stereocenters. The second-order valence-corrected chi connectivity index (χ2v) is 7.12. The number of carbonyl (C=O) groups excluding carboxylic acids is 2. The Hall–Kier alpha value is -2.88. The summed E-state index contributed by atoms with van der Waals surface area (Å²) in [4.78, 5) is 24.1. The van der Waals surface area contributed by atoms with E-state index in [9.17, 15) is 31.2 Å². The van der Waals surface area contributed by atoms with Crippen LogP contribution in [0.2, 0.25) is 0 Å². The van der Waals surface area contributed by atoms with Crippen LogP contribution in [-0.4, -0.2) is 32.8 Å². The topological polar surface area (TPSA) is 86.7 Å². The summed E-state index contributed by atoms with van der Waals surface area (Å²) in [5.74, 6) is -1.65. The van der Waals surface area contributed by atoms with Crippen LogP contribution in [0.25, 0.3) is 0 Å². The van der Waals surface area contributed by atoms with Crippen molar-refractivity contribution in [3.8, 4) is 5.75 Å². The predicted molar refractivity (Wildman–Crippen MR) is 92.5 cm³/mol. The number of benzene rings is 2. The van der Waals surface area contributed by atoms with Crippen molar-refractivity contribution in [2.45, 2.75) is 18.3 Å². The van der Waals surface area contributed by atoms with Crippen molar-refractivity contribution in [1.82, 2.24) is 0 Å². The average Bonchev–Trinajstić information content (AvgIpc) is 2.64. The lowest BCUT2D eigenvalue weighted by Crippen LogP contribution is -2.28. The van der Waals surface area contributed by atoms with Crippen LogP contribution in [0.3, 0.4) is 0 Å². The molecule has 0 N–H and O–H groups in total. The molecule has 6 nitrogen and oxygen atoms in total. The van der Waals surface area contributed by atoms with Crippen molar-refractivity contribution in [3.63, 3.8) is 0 Å². The molecule has 0 atom stereocenters. The molecule has 0 aliphatic heterocycles. The van der Waals surface area contributed by atoms with Gasteiger partial charge in [0.15, 0.2) is 5.78 Å². The Morgan fingerprint density at radius 1 is 1.04 bits per heavy atom. The molecule has 0 saturated heterocycles. The van der Waals surface area contributed by atoms with Crippen molar-refractivity contribution in [2.24, 2.45) is 0 Å². The molecule has 10 heteroatoms. The zero-order chi connectivity index (χ0) is 20.9. The van der Waals surface area contributed by atoms with Crippen LogP contribution >= 0.6 is 0 Å². The van der Waals surface area contributed by atoms with Crippen LogP contribution in [0.15, 0.2) is 48.5 Å². The molecule has 2 aromatic carbocycles. The average molecular weight is 416 g/mol. The maximum absolute atomic E-state index is 12.4. The number of hydrogen-bond donors (Lipinski definition) is 0. The van der Waals surface area contributed by atoms with Crippen LogP contribution in [-0.2, 0) is 21.3 Å². The van der Waals surface area contributed by atoms with Crippen LogP contribution < -0.4 is 4.18 Å². The van der Waals surface area contributed by atoms with E-state index in [1.807, 2.05) is 0 Å². The molecule has 0 amide bonds. The number of halogens is 3. The highest BCUT2D eigenvalue weighted by Crippen LogP contribution is 2.27. The number of rotatable bonds is 7. The molecule has 0 fully saturated rings. The fraction of sp³-hybridized carbons (Fsp3) is 0.222. The summed E-state index contributed by atoms with van der Waals surface area (Å²) >= 11 is 0. The smallest absolute Gasteiger partial charge is 0.465 e. The van der Waals surface area contributed by atoms with Gasteiger partial charge >= 0.3 is 21.6 Å². The normalized spacial score (nSPS) is 11.7. The Bertz CT molecular complexity index is 983. The number of hydrogen-bond acceptors (Lipinski definition) is 6. The molecule has 0 aliphatic carbocycles. The fourth-order valence-electron chi connectivity index (χ4n) is 2.34. The van der Waals surface area contributed by atoms with Crippen molar-refractivity contribution in [3.05, 3.63) is 65.2 Å². The van der Waals surface area contributed by atoms with E-state index < -0.39 is 33.1 Å². The zero-order valence-corrected chi connectivity index (χ0v) is 15.3. The lowest BCUT2D eigenvalue weighted by Gasteiger charge is -2.10. The third kappa shape index (κ3) is 5.10. The maximum Gasteiger partial charge on any atom is 0.534 e. The number of esters is 1. The van der Waals surface area contributed by atoms with E-state index >= 15 is 0 Å². The summed E-state index contributed by atoms with van der Waals surface area (Å²) in [7, 11) is -4.60. The van der Waals surface area contributed by atoms with Gasteiger partial charge in [0.05, 0.1) is 12.7 Å². The molecule has 0 aliphatic rings. The van der Waals surface area contributed by atoms with Crippen LogP contribution in [0.5, 0.6) is 5.75 Å². The molecule has 0 bridgehead atoms. The van der Waals surface area contributed by atoms with E-state index in [1.165, 1.54) is 19.2 Å². The summed E-state index contributed by atoms with van der Waals surface area (Å²) in [6, 6.07) is 10.9. The fourth-order valence-corrected chi connectivity index (χ4v) is 2.79. The highest BCUT2D eigenvalue weighted by Gasteiger charge is 2.48. The first-order chi connectivity index (χ1) is 13.0. The van der Waals surface area contributed by atoms with Crippen molar-refractivity contribution >= 4 is 21.9 Å². The number of methoxy groups -OCH3 is 1. The van der Waals surface area contributed by atoms with E-state index in [4.69, 9.17) is 0 Å². The van der Waals surface area contributed by atoms with Gasteiger partial charge in [-0.15, -0.1) is 0 Å². The number of aryl methyl sites for hydroxylation is 1. The summed E-state index contributed by atoms with van der Waals surface area (Å²) in [5.41, 5.74) is -4.74. The first-order valence-corrected chi connectivity index (χ1v) is 9.26. The highest BCUT2D eigenvalue weighted by atomic mass is 32.2. The molecular formula is C18H15F3O6S. The predicted octanol–water partition coefficient (Wildman–Crippen LogP) is 3.52. The highest BCUT2D eigenvalue weighted by molar-refractivity contribution is 7.88. The molecule has 0 heterocycles. The van der Waals surface area contributed by atoms with Gasteiger partial charge in [0, 0.05) is 12.0 Å². The van der Waals surface area contributed by atoms with Gasteiger partial charge < -0.3 is 8.92 Å². The Morgan fingerprint density at radius 2 is 1.71 bits per heavy atom. The van der Waals surface area contributed by atoms with E-state index in [-0.39, 0.29) is 18.4 Å². The second-order valence-electron chi connectivity index (χ2n) is 5.58. The minimum atomic E-state index is -5.83. The molecule has 150 valence electrons. The molecule has 0 aromatic heterocycles. The van der Waals surface area contributed by atoms with Crippen LogP contribution in [0, 0.1) is 0 Å². The molecule has 0 saturated carbocycles. The van der Waals surface area contributed by atoms with Crippen LogP contribution in [0.4, 0.5) is 13.2 Å². The van der Waals surface area contributed by atoms with E-state index in [1.54, 1.807) is 24.3 Å². The Morgan fingerprint density at radius 3 is 2.36 bits per heavy atom. The van der Waals surface area contributed by atoms with Crippen LogP contribution in [0.1, 0.15) is 32.7 Å². The minimum Gasteiger partial charge on any atom is -0.465 e. The Balaban J connectivity index is 2.14. The van der Waals surface area contributed by atoms with E-state index in [0.717, 1.165) is 12.1 Å². The summed E-state index contributed by atoms with van der Waals surface area (Å²) in [6.45, 7) is 0. The third-order valence-corrected chi connectivity index (χ3v) is 4.67. The number of carbonyl (C=O) groups is 2. The lowest BCUT2D eigenvalue weighted by molar-refractivity contribution is -0.0500. The largest absolute Gasteiger partial charge is 0.534 e. The Labute approximate surface area is 159 Å². The van der Waals surface area contributed by atoms with E-state index in [0.29, 0.717) is 11.1 Å². The number of ketones is 1. The van der Waals surface area contributed by atoms with Gasteiger partial charge in [-0.25, -0.2) is 4.79 Å². The van der Waals surface area contributed by atoms with Gasteiger partial charge in [-0.05, 0) is 30.2 Å². The lowest BCUT2D eigenvalue weighted by atomic mass is 9.99. The molecule has 0 spiro atoms. The minimum absolute atomic E-state index is 0.0228. The van der Waals surface area contributed by atoms with Gasteiger partial charge in [0.2, 0.25) is 0 Å². The first-order valence-electron chi connectivity index (χ1n) is 7.85. The number of Topliss-reactive ketones (excluding diaryl/α,β-unsaturated/α-hetero) is 1. The number of ether oxygens (including phenoxy) is 1. The first kappa shape index (κ1) is 21.4. The zero-order valence-electron chi connectivity index (χ0n) is 14.5. The molecule has 2 rings (SSSR count). The van der Waals surface area contributed by atoms with Crippen molar-refractivity contribution < 1.29 is 40.1 Å². The van der Waals surface area contributed by atoms with Gasteiger partial charge in [-0.3, -0.25) is 4.79 Å². The summed E-state index contributed by atoms with van der Waals surface area (Å²) in [6.07, 6.45) is 0.111. The van der Waals surface area contributed by atoms with Gasteiger partial charge in [-0.1, -0.05) is 30.3 Å². The number of alkyl halides is 3. The summed E-state index contributed by atoms with van der Waals surface area (Å²) < 4.78 is 68.0. The Kier molecular flexibility index (Phi) is 6.45. The van der Waals surface area contributed by atoms with Crippen molar-refractivity contribution in [1.29, 1.82) is 0 Å². The van der Waals surface area contributed by atoms with Crippen molar-refractivity contribution in [2.75, 3.05) is 7.11 Å². The molecular weight excluding hydrogens is 401 g/mol. The third-order valence-electron chi connectivity index (χ3n) is 3.69. The van der Waals surface area contributed by atoms with Gasteiger partial charge in [-0.2, -0.15) is 21.6 Å². The maximum atomic E-state index is 12.4. The molecule has 0 radical (unpaired) electrons. The summed E-state index contributed by atoms with van der Waals surface area (Å²) in [5, 5.41) is 0. The second kappa shape index (κ2) is 8.42. The quantitative estimate of drug-likeness (QED) is 0.297.